The molecule has 4 heteroatoms. The predicted molar refractivity (Wildman–Crippen MR) is 73.7 cm³/mol. The first-order chi connectivity index (χ1) is 8.67. The van der Waals surface area contributed by atoms with Crippen LogP contribution in [-0.4, -0.2) is 38.8 Å². The number of nitrogens with one attached hydrogen (secondary N) is 1. The molecule has 0 saturated heterocycles. The summed E-state index contributed by atoms with van der Waals surface area (Å²) in [6.07, 6.45) is 1.15. The molecule has 1 aromatic rings. The molecule has 0 saturated carbocycles. The maximum absolute atomic E-state index is 5.87. The average Bonchev–Trinajstić information content (AvgIpc) is 2.67. The second kappa shape index (κ2) is 8.29. The lowest BCUT2D eigenvalue weighted by molar-refractivity contribution is 0.154. The van der Waals surface area contributed by atoms with E-state index in [9.17, 15) is 0 Å². The number of hydrogen-bond acceptors (Lipinski definition) is 4. The number of aryl methyl sites for hydroxylation is 1. The van der Waals surface area contributed by atoms with Gasteiger partial charge >= 0.3 is 0 Å². The Kier molecular flexibility index (Phi) is 7.01. The van der Waals surface area contributed by atoms with Crippen molar-refractivity contribution in [3.05, 3.63) is 23.2 Å². The van der Waals surface area contributed by atoms with Gasteiger partial charge in [-0.05, 0) is 38.6 Å². The van der Waals surface area contributed by atoms with Crippen molar-refractivity contribution < 1.29 is 9.15 Å². The third-order valence-corrected chi connectivity index (χ3v) is 2.89. The fourth-order valence-corrected chi connectivity index (χ4v) is 1.81. The summed E-state index contributed by atoms with van der Waals surface area (Å²) in [5.41, 5.74) is 1.23. The fourth-order valence-electron chi connectivity index (χ4n) is 1.81. The minimum absolute atomic E-state index is 0.751. The smallest absolute Gasteiger partial charge is 0.120 e. The molecule has 0 aromatic carbocycles. The topological polar surface area (TPSA) is 37.6 Å². The Labute approximate surface area is 110 Å². The number of likely N-dealkylation sites (N-methyl/N-ethyl adjacent to an activating group) is 1. The summed E-state index contributed by atoms with van der Waals surface area (Å²) in [6.45, 7) is 8.62. The van der Waals surface area contributed by atoms with E-state index in [-0.39, 0.29) is 0 Å². The highest BCUT2D eigenvalue weighted by Crippen LogP contribution is 2.15. The molecule has 0 spiro atoms. The number of furan rings is 1. The molecule has 0 bridgehead atoms. The molecule has 1 aromatic heterocycles. The van der Waals surface area contributed by atoms with Crippen molar-refractivity contribution in [2.24, 2.45) is 0 Å². The van der Waals surface area contributed by atoms with Gasteiger partial charge in [0.1, 0.15) is 11.5 Å². The number of ether oxygens (including phenoxy) is 1. The Bertz CT molecular complexity index is 337. The number of hydrogen-bond donors (Lipinski definition) is 1. The summed E-state index contributed by atoms with van der Waals surface area (Å²) in [7, 11) is 3.80. The van der Waals surface area contributed by atoms with Gasteiger partial charge in [0, 0.05) is 13.7 Å². The van der Waals surface area contributed by atoms with Crippen molar-refractivity contribution in [1.82, 2.24) is 10.2 Å². The van der Waals surface area contributed by atoms with Crippen LogP contribution >= 0.6 is 0 Å². The zero-order valence-corrected chi connectivity index (χ0v) is 12.1. The zero-order valence-electron chi connectivity index (χ0n) is 12.1. The lowest BCUT2D eigenvalue weighted by Gasteiger charge is -2.13. The number of methoxy groups -OCH3 is 1. The van der Waals surface area contributed by atoms with Crippen LogP contribution in [0.2, 0.25) is 0 Å². The zero-order chi connectivity index (χ0) is 13.4. The van der Waals surface area contributed by atoms with Crippen LogP contribution in [-0.2, 0) is 17.8 Å². The minimum atomic E-state index is 0.751. The Morgan fingerprint density at radius 3 is 2.89 bits per heavy atom. The molecule has 0 amide bonds. The Morgan fingerprint density at radius 1 is 1.44 bits per heavy atom. The lowest BCUT2D eigenvalue weighted by Crippen LogP contribution is -2.22. The molecular weight excluding hydrogens is 228 g/mol. The molecule has 0 radical (unpaired) electrons. The SMILES string of the molecule is CCCNCc1oc(CN(C)CCOC)cc1C. The maximum atomic E-state index is 5.87. The molecule has 0 aliphatic carbocycles. The third kappa shape index (κ3) is 5.21. The standard InChI is InChI=1S/C14H26N2O2/c1-5-6-15-10-14-12(2)9-13(18-14)11-16(3)7-8-17-4/h9,15H,5-8,10-11H2,1-4H3. The normalized spacial score (nSPS) is 11.4. The molecule has 0 atom stereocenters. The van der Waals surface area contributed by atoms with Gasteiger partial charge in [0.2, 0.25) is 0 Å². The third-order valence-electron chi connectivity index (χ3n) is 2.89. The summed E-state index contributed by atoms with van der Waals surface area (Å²) in [5.74, 6) is 2.08. The molecular formula is C14H26N2O2. The molecule has 1 heterocycles. The van der Waals surface area contributed by atoms with E-state index in [0.717, 1.165) is 50.7 Å². The van der Waals surface area contributed by atoms with Gasteiger partial charge in [-0.25, -0.2) is 0 Å². The monoisotopic (exact) mass is 254 g/mol. The molecule has 0 unspecified atom stereocenters. The Morgan fingerprint density at radius 2 is 2.22 bits per heavy atom. The van der Waals surface area contributed by atoms with Crippen molar-refractivity contribution in [2.45, 2.75) is 33.4 Å². The molecule has 18 heavy (non-hydrogen) atoms. The van der Waals surface area contributed by atoms with Crippen molar-refractivity contribution >= 4 is 0 Å². The molecule has 0 fully saturated rings. The molecule has 1 N–H and O–H groups in total. The van der Waals surface area contributed by atoms with Crippen LogP contribution in [0.5, 0.6) is 0 Å². The van der Waals surface area contributed by atoms with Crippen molar-refractivity contribution in [3.63, 3.8) is 0 Å². The summed E-state index contributed by atoms with van der Waals surface area (Å²) >= 11 is 0. The van der Waals surface area contributed by atoms with E-state index in [2.05, 4.69) is 37.2 Å². The van der Waals surface area contributed by atoms with Gasteiger partial charge in [-0.15, -0.1) is 0 Å². The van der Waals surface area contributed by atoms with Gasteiger partial charge in [-0.1, -0.05) is 6.92 Å². The molecule has 0 aliphatic heterocycles. The first-order valence-electron chi connectivity index (χ1n) is 6.63. The highest BCUT2D eigenvalue weighted by Gasteiger charge is 2.09. The quantitative estimate of drug-likeness (QED) is 0.685. The van der Waals surface area contributed by atoms with Gasteiger partial charge in [-0.2, -0.15) is 0 Å². The number of rotatable bonds is 9. The van der Waals surface area contributed by atoms with E-state index >= 15 is 0 Å². The van der Waals surface area contributed by atoms with Crippen LogP contribution in [0.3, 0.4) is 0 Å². The lowest BCUT2D eigenvalue weighted by atomic mass is 10.2. The van der Waals surface area contributed by atoms with Crippen molar-refractivity contribution in [1.29, 1.82) is 0 Å². The molecule has 104 valence electrons. The van der Waals surface area contributed by atoms with E-state index in [1.54, 1.807) is 7.11 Å². The second-order valence-electron chi connectivity index (χ2n) is 4.73. The van der Waals surface area contributed by atoms with Crippen LogP contribution in [0.25, 0.3) is 0 Å². The summed E-state index contributed by atoms with van der Waals surface area (Å²) in [4.78, 5) is 2.20. The van der Waals surface area contributed by atoms with E-state index in [1.807, 2.05) is 0 Å². The predicted octanol–water partition coefficient (Wildman–Crippen LogP) is 2.17. The maximum Gasteiger partial charge on any atom is 0.120 e. The van der Waals surface area contributed by atoms with Crippen LogP contribution in [0.15, 0.2) is 10.5 Å². The molecule has 4 nitrogen and oxygen atoms in total. The Hall–Kier alpha value is -0.840. The highest BCUT2D eigenvalue weighted by molar-refractivity contribution is 5.20. The van der Waals surface area contributed by atoms with Gasteiger partial charge in [0.25, 0.3) is 0 Å². The van der Waals surface area contributed by atoms with Gasteiger partial charge in [0.15, 0.2) is 0 Å². The van der Waals surface area contributed by atoms with Crippen molar-refractivity contribution in [3.8, 4) is 0 Å². The van der Waals surface area contributed by atoms with Crippen LogP contribution < -0.4 is 5.32 Å². The summed E-state index contributed by atoms with van der Waals surface area (Å²) in [6, 6.07) is 2.13. The van der Waals surface area contributed by atoms with Crippen LogP contribution in [0.1, 0.15) is 30.4 Å². The highest BCUT2D eigenvalue weighted by atomic mass is 16.5. The Balaban J connectivity index is 2.44. The summed E-state index contributed by atoms with van der Waals surface area (Å²) < 4.78 is 10.9. The van der Waals surface area contributed by atoms with E-state index < -0.39 is 0 Å². The van der Waals surface area contributed by atoms with Gasteiger partial charge in [0.05, 0.1) is 19.7 Å². The van der Waals surface area contributed by atoms with E-state index in [4.69, 9.17) is 9.15 Å². The van der Waals surface area contributed by atoms with E-state index in [1.165, 1.54) is 5.56 Å². The molecule has 0 aliphatic rings. The first-order valence-corrected chi connectivity index (χ1v) is 6.63. The fraction of sp³-hybridized carbons (Fsp3) is 0.714. The van der Waals surface area contributed by atoms with Crippen LogP contribution in [0.4, 0.5) is 0 Å². The van der Waals surface area contributed by atoms with Gasteiger partial charge < -0.3 is 14.5 Å². The van der Waals surface area contributed by atoms with Gasteiger partial charge in [-0.3, -0.25) is 4.90 Å². The minimum Gasteiger partial charge on any atom is -0.463 e. The second-order valence-corrected chi connectivity index (χ2v) is 4.73. The largest absolute Gasteiger partial charge is 0.463 e. The molecule has 1 rings (SSSR count). The number of nitrogens with zero attached hydrogens (tertiary/aromatic N) is 1. The van der Waals surface area contributed by atoms with Crippen LogP contribution in [0, 0.1) is 6.92 Å². The van der Waals surface area contributed by atoms with E-state index in [0.29, 0.717) is 0 Å². The van der Waals surface area contributed by atoms with Crippen molar-refractivity contribution in [2.75, 3.05) is 33.9 Å². The first kappa shape index (κ1) is 15.2. The average molecular weight is 254 g/mol. The summed E-state index contributed by atoms with van der Waals surface area (Å²) in [5, 5.41) is 3.37.